The number of halogens is 1. The van der Waals surface area contributed by atoms with E-state index in [-0.39, 0.29) is 0 Å². The zero-order valence-corrected chi connectivity index (χ0v) is 13.0. The zero-order chi connectivity index (χ0) is 13.8. The van der Waals surface area contributed by atoms with Gasteiger partial charge < -0.3 is 5.32 Å². The number of nitrogens with zero attached hydrogens (tertiary/aromatic N) is 2. The molecule has 0 fully saturated rings. The van der Waals surface area contributed by atoms with E-state index in [0.29, 0.717) is 6.54 Å². The molecule has 0 bridgehead atoms. The maximum absolute atomic E-state index is 4.24. The van der Waals surface area contributed by atoms with Gasteiger partial charge in [-0.25, -0.2) is 0 Å². The van der Waals surface area contributed by atoms with Crippen molar-refractivity contribution in [2.45, 2.75) is 13.1 Å². The quantitative estimate of drug-likeness (QED) is 0.740. The molecule has 0 aliphatic carbocycles. The lowest BCUT2D eigenvalue weighted by Crippen LogP contribution is -2.12. The molecule has 0 saturated carbocycles. The monoisotopic (exact) mass is 348 g/mol. The van der Waals surface area contributed by atoms with E-state index >= 15 is 0 Å². The van der Waals surface area contributed by atoms with Gasteiger partial charge in [-0.2, -0.15) is 15.4 Å². The predicted molar refractivity (Wildman–Crippen MR) is 84.4 cm³/mol. The largest absolute Gasteiger partial charge is 0.306 e. The number of H-pyrrole nitrogens is 1. The summed E-state index contributed by atoms with van der Waals surface area (Å²) in [6.45, 7) is 1.52. The summed E-state index contributed by atoms with van der Waals surface area (Å²) in [5, 5.41) is 16.6. The Kier molecular flexibility index (Phi) is 4.25. The lowest BCUT2D eigenvalue weighted by Gasteiger charge is -2.02. The van der Waals surface area contributed by atoms with E-state index in [4.69, 9.17) is 0 Å². The number of nitrogens with one attached hydrogen (secondary N) is 2. The first-order chi connectivity index (χ1) is 9.83. The second-order valence-electron chi connectivity index (χ2n) is 4.32. The van der Waals surface area contributed by atoms with E-state index < -0.39 is 0 Å². The molecule has 0 radical (unpaired) electrons. The first kappa shape index (κ1) is 13.5. The molecule has 1 aromatic carbocycles. The fourth-order valence-corrected chi connectivity index (χ4v) is 3.37. The predicted octanol–water partition coefficient (Wildman–Crippen LogP) is 3.59. The van der Waals surface area contributed by atoms with Gasteiger partial charge in [-0.1, -0.05) is 30.3 Å². The van der Waals surface area contributed by atoms with Crippen LogP contribution in [0, 0.1) is 0 Å². The van der Waals surface area contributed by atoms with Crippen LogP contribution in [0.1, 0.15) is 10.6 Å². The van der Waals surface area contributed by atoms with Crippen LogP contribution in [0.15, 0.2) is 46.3 Å². The SMILES string of the molecule is Brc1csc(CNCc2n[nH]nc2-c2ccccc2)c1. The molecule has 0 saturated heterocycles. The van der Waals surface area contributed by atoms with E-state index in [1.165, 1.54) is 4.88 Å². The van der Waals surface area contributed by atoms with Gasteiger partial charge in [0, 0.05) is 33.4 Å². The van der Waals surface area contributed by atoms with E-state index in [9.17, 15) is 0 Å². The molecule has 0 aliphatic rings. The molecule has 0 amide bonds. The van der Waals surface area contributed by atoms with Gasteiger partial charge in [0.25, 0.3) is 0 Å². The number of aromatic amines is 1. The minimum absolute atomic E-state index is 0.691. The number of hydrogen-bond acceptors (Lipinski definition) is 4. The fourth-order valence-electron chi connectivity index (χ4n) is 1.95. The molecule has 3 rings (SSSR count). The lowest BCUT2D eigenvalue weighted by molar-refractivity contribution is 0.684. The third kappa shape index (κ3) is 3.15. The third-order valence-electron chi connectivity index (χ3n) is 2.88. The number of thiophene rings is 1. The van der Waals surface area contributed by atoms with Crippen LogP contribution < -0.4 is 5.32 Å². The molecular formula is C14H13BrN4S. The average molecular weight is 349 g/mol. The van der Waals surface area contributed by atoms with Crippen LogP contribution >= 0.6 is 27.3 Å². The van der Waals surface area contributed by atoms with Crippen LogP contribution in [-0.4, -0.2) is 15.4 Å². The van der Waals surface area contributed by atoms with Gasteiger partial charge in [-0.05, 0) is 22.0 Å². The van der Waals surface area contributed by atoms with Crippen molar-refractivity contribution in [2.24, 2.45) is 0 Å². The number of rotatable bonds is 5. The van der Waals surface area contributed by atoms with Gasteiger partial charge in [0.05, 0.1) is 0 Å². The molecule has 102 valence electrons. The molecule has 0 aliphatic heterocycles. The molecule has 2 heterocycles. The van der Waals surface area contributed by atoms with Crippen molar-refractivity contribution in [3.8, 4) is 11.3 Å². The second kappa shape index (κ2) is 6.30. The highest BCUT2D eigenvalue weighted by atomic mass is 79.9. The zero-order valence-electron chi connectivity index (χ0n) is 10.6. The highest BCUT2D eigenvalue weighted by Crippen LogP contribution is 2.21. The standard InChI is InChI=1S/C14H13BrN4S/c15-11-6-12(20-9-11)7-16-8-13-14(18-19-17-13)10-4-2-1-3-5-10/h1-6,9,16H,7-8H2,(H,17,18,19). The maximum Gasteiger partial charge on any atom is 0.117 e. The molecular weight excluding hydrogens is 336 g/mol. The molecule has 0 spiro atoms. The van der Waals surface area contributed by atoms with Crippen molar-refractivity contribution >= 4 is 27.3 Å². The maximum atomic E-state index is 4.24. The van der Waals surface area contributed by atoms with Gasteiger partial charge in [0.1, 0.15) is 11.4 Å². The molecule has 4 nitrogen and oxygen atoms in total. The molecule has 0 atom stereocenters. The van der Waals surface area contributed by atoms with Gasteiger partial charge in [0.15, 0.2) is 0 Å². The molecule has 2 aromatic heterocycles. The third-order valence-corrected chi connectivity index (χ3v) is 4.58. The van der Waals surface area contributed by atoms with Crippen LogP contribution in [0.4, 0.5) is 0 Å². The Bertz CT molecular complexity index is 677. The van der Waals surface area contributed by atoms with Crippen molar-refractivity contribution < 1.29 is 0 Å². The fraction of sp³-hybridized carbons (Fsp3) is 0.143. The molecule has 0 unspecified atom stereocenters. The summed E-state index contributed by atoms with van der Waals surface area (Å²) >= 11 is 5.19. The molecule has 2 N–H and O–H groups in total. The minimum Gasteiger partial charge on any atom is -0.306 e. The van der Waals surface area contributed by atoms with Crippen LogP contribution in [-0.2, 0) is 13.1 Å². The number of benzene rings is 1. The van der Waals surface area contributed by atoms with Crippen molar-refractivity contribution in [1.82, 2.24) is 20.7 Å². The summed E-state index contributed by atoms with van der Waals surface area (Å²) in [7, 11) is 0. The summed E-state index contributed by atoms with van der Waals surface area (Å²) in [5.74, 6) is 0. The van der Waals surface area contributed by atoms with Gasteiger partial charge in [-0.15, -0.1) is 11.3 Å². The smallest absolute Gasteiger partial charge is 0.117 e. The van der Waals surface area contributed by atoms with Gasteiger partial charge in [-0.3, -0.25) is 0 Å². The van der Waals surface area contributed by atoms with Crippen LogP contribution in [0.5, 0.6) is 0 Å². The second-order valence-corrected chi connectivity index (χ2v) is 6.23. The summed E-state index contributed by atoms with van der Waals surface area (Å²) in [5.41, 5.74) is 2.93. The summed E-state index contributed by atoms with van der Waals surface area (Å²) in [4.78, 5) is 1.29. The van der Waals surface area contributed by atoms with Crippen molar-refractivity contribution in [3.05, 3.63) is 56.8 Å². The van der Waals surface area contributed by atoms with Crippen LogP contribution in [0.2, 0.25) is 0 Å². The highest BCUT2D eigenvalue weighted by Gasteiger charge is 2.09. The lowest BCUT2D eigenvalue weighted by atomic mass is 10.1. The van der Waals surface area contributed by atoms with E-state index in [2.05, 4.69) is 48.1 Å². The van der Waals surface area contributed by atoms with Gasteiger partial charge >= 0.3 is 0 Å². The topological polar surface area (TPSA) is 53.6 Å². The summed E-state index contributed by atoms with van der Waals surface area (Å²) in [6.07, 6.45) is 0. The van der Waals surface area contributed by atoms with E-state index in [1.807, 2.05) is 30.3 Å². The normalized spacial score (nSPS) is 10.8. The van der Waals surface area contributed by atoms with E-state index in [1.54, 1.807) is 11.3 Å². The first-order valence-corrected chi connectivity index (χ1v) is 7.89. The Morgan fingerprint density at radius 2 is 2.00 bits per heavy atom. The van der Waals surface area contributed by atoms with Gasteiger partial charge in [0.2, 0.25) is 0 Å². The average Bonchev–Trinajstić information content (AvgIpc) is 3.09. The van der Waals surface area contributed by atoms with Crippen molar-refractivity contribution in [1.29, 1.82) is 0 Å². The number of aromatic nitrogens is 3. The first-order valence-electron chi connectivity index (χ1n) is 6.21. The Morgan fingerprint density at radius 3 is 2.75 bits per heavy atom. The Balaban J connectivity index is 1.65. The van der Waals surface area contributed by atoms with E-state index in [0.717, 1.165) is 28.0 Å². The Morgan fingerprint density at radius 1 is 1.15 bits per heavy atom. The summed E-state index contributed by atoms with van der Waals surface area (Å²) in [6, 6.07) is 12.2. The van der Waals surface area contributed by atoms with Crippen LogP contribution in [0.25, 0.3) is 11.3 Å². The Labute approximate surface area is 129 Å². The van der Waals surface area contributed by atoms with Crippen molar-refractivity contribution in [2.75, 3.05) is 0 Å². The molecule has 3 aromatic rings. The molecule has 6 heteroatoms. The Hall–Kier alpha value is -1.50. The number of hydrogen-bond donors (Lipinski definition) is 2. The van der Waals surface area contributed by atoms with Crippen molar-refractivity contribution in [3.63, 3.8) is 0 Å². The highest BCUT2D eigenvalue weighted by molar-refractivity contribution is 9.10. The summed E-state index contributed by atoms with van der Waals surface area (Å²) < 4.78 is 1.13. The minimum atomic E-state index is 0.691. The van der Waals surface area contributed by atoms with Crippen LogP contribution in [0.3, 0.4) is 0 Å². The molecule has 20 heavy (non-hydrogen) atoms.